The molecular weight excluding hydrogens is 214 g/mol. The van der Waals surface area contributed by atoms with E-state index in [-0.39, 0.29) is 5.69 Å². The van der Waals surface area contributed by atoms with E-state index in [9.17, 15) is 4.79 Å². The molecule has 76 valence electrons. The van der Waals surface area contributed by atoms with Gasteiger partial charge in [0.15, 0.2) is 5.69 Å². The highest BCUT2D eigenvalue weighted by Crippen LogP contribution is 2.23. The molecule has 6 heteroatoms. The topological polar surface area (TPSA) is 89.1 Å². The third-order valence-corrected chi connectivity index (χ3v) is 2.65. The molecule has 0 fully saturated rings. The lowest BCUT2D eigenvalue weighted by Crippen LogP contribution is -1.95. The predicted molar refractivity (Wildman–Crippen MR) is 56.7 cm³/mol. The Morgan fingerprint density at radius 2 is 2.27 bits per heavy atom. The van der Waals surface area contributed by atoms with Crippen molar-refractivity contribution in [2.75, 3.05) is 5.73 Å². The Kier molecular flexibility index (Phi) is 2.34. The van der Waals surface area contributed by atoms with E-state index in [2.05, 4.69) is 9.97 Å². The zero-order valence-corrected chi connectivity index (χ0v) is 8.36. The molecule has 0 saturated carbocycles. The highest BCUT2D eigenvalue weighted by Gasteiger charge is 2.09. The number of hydrogen-bond acceptors (Lipinski definition) is 5. The van der Waals surface area contributed by atoms with Crippen LogP contribution in [0.25, 0.3) is 10.6 Å². The van der Waals surface area contributed by atoms with Gasteiger partial charge in [-0.2, -0.15) is 0 Å². The van der Waals surface area contributed by atoms with Gasteiger partial charge in [-0.15, -0.1) is 11.3 Å². The average Bonchev–Trinajstić information content (AvgIpc) is 2.68. The normalized spacial score (nSPS) is 10.1. The Balaban J connectivity index is 2.37. The van der Waals surface area contributed by atoms with E-state index in [4.69, 9.17) is 10.8 Å². The molecule has 2 rings (SSSR count). The number of anilines is 1. The maximum Gasteiger partial charge on any atom is 0.355 e. The summed E-state index contributed by atoms with van der Waals surface area (Å²) in [5.41, 5.74) is 6.25. The van der Waals surface area contributed by atoms with E-state index < -0.39 is 5.97 Å². The molecule has 0 aliphatic heterocycles. The molecule has 0 saturated heterocycles. The summed E-state index contributed by atoms with van der Waals surface area (Å²) in [6.07, 6.45) is 1.57. The van der Waals surface area contributed by atoms with Gasteiger partial charge in [0, 0.05) is 17.1 Å². The first-order chi connectivity index (χ1) is 7.16. The van der Waals surface area contributed by atoms with E-state index in [1.165, 1.54) is 16.7 Å². The lowest BCUT2D eigenvalue weighted by atomic mass is 10.3. The first kappa shape index (κ1) is 9.60. The van der Waals surface area contributed by atoms with Crippen molar-refractivity contribution < 1.29 is 9.90 Å². The molecule has 0 aromatic carbocycles. The number of pyridine rings is 1. The van der Waals surface area contributed by atoms with Crippen LogP contribution < -0.4 is 5.73 Å². The number of nitrogen functional groups attached to an aromatic ring is 1. The van der Waals surface area contributed by atoms with Crippen molar-refractivity contribution in [2.24, 2.45) is 0 Å². The summed E-state index contributed by atoms with van der Waals surface area (Å²) in [6.45, 7) is 0. The quantitative estimate of drug-likeness (QED) is 0.801. The fourth-order valence-corrected chi connectivity index (χ4v) is 1.82. The van der Waals surface area contributed by atoms with Gasteiger partial charge in [-0.1, -0.05) is 0 Å². The molecule has 0 atom stereocenters. The number of nitrogens with zero attached hydrogens (tertiary/aromatic N) is 2. The highest BCUT2D eigenvalue weighted by molar-refractivity contribution is 7.13. The molecule has 0 bridgehead atoms. The minimum Gasteiger partial charge on any atom is -0.476 e. The Hall–Kier alpha value is -1.95. The Morgan fingerprint density at radius 1 is 1.47 bits per heavy atom. The van der Waals surface area contributed by atoms with Crippen molar-refractivity contribution in [3.05, 3.63) is 29.4 Å². The number of aromatic nitrogens is 2. The van der Waals surface area contributed by atoms with E-state index in [1.54, 1.807) is 18.3 Å². The zero-order valence-electron chi connectivity index (χ0n) is 7.54. The first-order valence-electron chi connectivity index (χ1n) is 4.07. The van der Waals surface area contributed by atoms with Crippen molar-refractivity contribution in [2.45, 2.75) is 0 Å². The summed E-state index contributed by atoms with van der Waals surface area (Å²) in [5, 5.41) is 10.8. The van der Waals surface area contributed by atoms with Gasteiger partial charge >= 0.3 is 5.97 Å². The van der Waals surface area contributed by atoms with Crippen LogP contribution in [0.2, 0.25) is 0 Å². The van der Waals surface area contributed by atoms with Crippen molar-refractivity contribution >= 4 is 23.1 Å². The van der Waals surface area contributed by atoms with Crippen molar-refractivity contribution in [3.63, 3.8) is 0 Å². The SMILES string of the molecule is Nc1ccc(-c2nc(C(=O)O)cs2)cn1. The number of carboxylic acid groups (broad SMARTS) is 1. The van der Waals surface area contributed by atoms with Crippen molar-refractivity contribution in [3.8, 4) is 10.6 Å². The monoisotopic (exact) mass is 221 g/mol. The van der Waals surface area contributed by atoms with Gasteiger partial charge in [-0.05, 0) is 12.1 Å². The van der Waals surface area contributed by atoms with E-state index in [0.717, 1.165) is 5.56 Å². The van der Waals surface area contributed by atoms with Crippen LogP contribution in [0.4, 0.5) is 5.82 Å². The van der Waals surface area contributed by atoms with Crippen LogP contribution in [0.5, 0.6) is 0 Å². The molecule has 5 nitrogen and oxygen atoms in total. The zero-order chi connectivity index (χ0) is 10.8. The second-order valence-corrected chi connectivity index (χ2v) is 3.67. The number of nitrogens with two attached hydrogens (primary N) is 1. The minimum absolute atomic E-state index is 0.0480. The van der Waals surface area contributed by atoms with Gasteiger partial charge in [0.1, 0.15) is 10.8 Å². The van der Waals surface area contributed by atoms with Gasteiger partial charge < -0.3 is 10.8 Å². The summed E-state index contributed by atoms with van der Waals surface area (Å²) >= 11 is 1.26. The molecule has 3 N–H and O–H groups in total. The molecule has 0 unspecified atom stereocenters. The highest BCUT2D eigenvalue weighted by atomic mass is 32.1. The third-order valence-electron chi connectivity index (χ3n) is 1.76. The first-order valence-corrected chi connectivity index (χ1v) is 4.95. The van der Waals surface area contributed by atoms with Crippen LogP contribution in [-0.2, 0) is 0 Å². The summed E-state index contributed by atoms with van der Waals surface area (Å²) in [6, 6.07) is 3.41. The smallest absolute Gasteiger partial charge is 0.355 e. The average molecular weight is 221 g/mol. The molecule has 15 heavy (non-hydrogen) atoms. The maximum absolute atomic E-state index is 10.6. The number of thiazole rings is 1. The van der Waals surface area contributed by atoms with E-state index >= 15 is 0 Å². The molecule has 0 amide bonds. The number of hydrogen-bond donors (Lipinski definition) is 2. The number of carbonyl (C=O) groups is 1. The predicted octanol–water partition coefficient (Wildman–Crippen LogP) is 1.49. The van der Waals surface area contributed by atoms with Crippen LogP contribution >= 0.6 is 11.3 Å². The molecule has 0 spiro atoms. The van der Waals surface area contributed by atoms with Crippen LogP contribution in [-0.4, -0.2) is 21.0 Å². The Labute approximate surface area is 89.2 Å². The largest absolute Gasteiger partial charge is 0.476 e. The molecule has 0 aliphatic carbocycles. The van der Waals surface area contributed by atoms with Crippen LogP contribution in [0, 0.1) is 0 Å². The molecular formula is C9H7N3O2S. The second-order valence-electron chi connectivity index (χ2n) is 2.81. The lowest BCUT2D eigenvalue weighted by Gasteiger charge is -1.95. The maximum atomic E-state index is 10.6. The molecule has 2 aromatic heterocycles. The van der Waals surface area contributed by atoms with E-state index in [1.807, 2.05) is 0 Å². The Morgan fingerprint density at radius 3 is 2.80 bits per heavy atom. The van der Waals surface area contributed by atoms with Gasteiger partial charge in [0.05, 0.1) is 0 Å². The standard InChI is InChI=1S/C9H7N3O2S/c10-7-2-1-5(3-11-7)8-12-6(4-15-8)9(13)14/h1-4H,(H2,10,11)(H,13,14). The fourth-order valence-electron chi connectivity index (χ4n) is 1.04. The number of carboxylic acids is 1. The van der Waals surface area contributed by atoms with Crippen LogP contribution in [0.1, 0.15) is 10.5 Å². The number of rotatable bonds is 2. The minimum atomic E-state index is -1.03. The van der Waals surface area contributed by atoms with Gasteiger partial charge in [-0.3, -0.25) is 0 Å². The fraction of sp³-hybridized carbons (Fsp3) is 0. The summed E-state index contributed by atoms with van der Waals surface area (Å²) in [4.78, 5) is 18.5. The summed E-state index contributed by atoms with van der Waals surface area (Å²) in [5.74, 6) is -0.602. The van der Waals surface area contributed by atoms with Gasteiger partial charge in [0.25, 0.3) is 0 Å². The molecule has 2 heterocycles. The second kappa shape index (κ2) is 3.66. The van der Waals surface area contributed by atoms with Crippen LogP contribution in [0.15, 0.2) is 23.7 Å². The van der Waals surface area contributed by atoms with Gasteiger partial charge in [0.2, 0.25) is 0 Å². The van der Waals surface area contributed by atoms with E-state index in [0.29, 0.717) is 10.8 Å². The van der Waals surface area contributed by atoms with Crippen molar-refractivity contribution in [1.29, 1.82) is 0 Å². The summed E-state index contributed by atoms with van der Waals surface area (Å²) < 4.78 is 0. The molecule has 2 aromatic rings. The number of aromatic carboxylic acids is 1. The van der Waals surface area contributed by atoms with Crippen LogP contribution in [0.3, 0.4) is 0 Å². The molecule has 0 aliphatic rings. The van der Waals surface area contributed by atoms with Crippen molar-refractivity contribution in [1.82, 2.24) is 9.97 Å². The van der Waals surface area contributed by atoms with Gasteiger partial charge in [-0.25, -0.2) is 14.8 Å². The summed E-state index contributed by atoms with van der Waals surface area (Å²) in [7, 11) is 0. The third kappa shape index (κ3) is 1.94. The lowest BCUT2D eigenvalue weighted by molar-refractivity contribution is 0.0691. The Bertz CT molecular complexity index is 492. The molecule has 0 radical (unpaired) electrons.